The summed E-state index contributed by atoms with van der Waals surface area (Å²) in [5.41, 5.74) is 0.500. The van der Waals surface area contributed by atoms with Gasteiger partial charge < -0.3 is 4.90 Å². The number of hydrogen-bond acceptors (Lipinski definition) is 3. The van der Waals surface area contributed by atoms with Crippen LogP contribution in [0.3, 0.4) is 0 Å². The highest BCUT2D eigenvalue weighted by atomic mass is 16.2. The Bertz CT molecular complexity index is 375. The van der Waals surface area contributed by atoms with Gasteiger partial charge in [0.05, 0.1) is 12.5 Å². The average molecular weight is 204 g/mol. The van der Waals surface area contributed by atoms with Crippen LogP contribution in [0.15, 0.2) is 12.3 Å². The van der Waals surface area contributed by atoms with Crippen LogP contribution in [-0.4, -0.2) is 33.6 Å². The summed E-state index contributed by atoms with van der Waals surface area (Å²) >= 11 is 0. The first-order valence-corrected chi connectivity index (χ1v) is 5.00. The fourth-order valence-electron chi connectivity index (χ4n) is 1.54. The number of nitrogens with one attached hydrogen (secondary N) is 1. The molecule has 0 saturated heterocycles. The Balaban J connectivity index is 2.04. The Labute approximate surface area is 87.7 Å². The number of nitriles is 1. The molecule has 1 saturated carbocycles. The standard InChI is InChI=1S/C10H12N4O/c11-5-1-7-14(8-2-3-8)10(15)9-4-6-12-13-9/h4,6,8H,1-3,7H2,(H,12,13). The predicted molar refractivity (Wildman–Crippen MR) is 52.9 cm³/mol. The van der Waals surface area contributed by atoms with Crippen molar-refractivity contribution in [2.45, 2.75) is 25.3 Å². The maximum Gasteiger partial charge on any atom is 0.272 e. The molecule has 1 fully saturated rings. The molecule has 0 bridgehead atoms. The molecule has 2 rings (SSSR count). The van der Waals surface area contributed by atoms with Crippen LogP contribution in [0.25, 0.3) is 0 Å². The monoisotopic (exact) mass is 204 g/mol. The number of H-pyrrole nitrogens is 1. The van der Waals surface area contributed by atoms with Gasteiger partial charge in [0.2, 0.25) is 0 Å². The van der Waals surface area contributed by atoms with Crippen molar-refractivity contribution in [2.75, 3.05) is 6.54 Å². The van der Waals surface area contributed by atoms with Gasteiger partial charge in [-0.05, 0) is 18.9 Å². The van der Waals surface area contributed by atoms with Crippen molar-refractivity contribution in [1.29, 1.82) is 5.26 Å². The largest absolute Gasteiger partial charge is 0.333 e. The number of hydrogen-bond donors (Lipinski definition) is 1. The van der Waals surface area contributed by atoms with E-state index in [1.807, 2.05) is 0 Å². The van der Waals surface area contributed by atoms with Crippen molar-refractivity contribution in [3.05, 3.63) is 18.0 Å². The van der Waals surface area contributed by atoms with Crippen LogP contribution in [0.1, 0.15) is 29.8 Å². The number of rotatable bonds is 4. The van der Waals surface area contributed by atoms with Gasteiger partial charge in [-0.1, -0.05) is 0 Å². The normalized spacial score (nSPS) is 14.6. The minimum atomic E-state index is -0.0507. The number of carbonyl (C=O) groups is 1. The van der Waals surface area contributed by atoms with E-state index in [1.54, 1.807) is 17.2 Å². The molecule has 78 valence electrons. The Morgan fingerprint density at radius 3 is 3.07 bits per heavy atom. The van der Waals surface area contributed by atoms with Crippen molar-refractivity contribution in [3.63, 3.8) is 0 Å². The molecule has 1 aliphatic carbocycles. The smallest absolute Gasteiger partial charge is 0.272 e. The predicted octanol–water partition coefficient (Wildman–Crippen LogP) is 0.928. The summed E-state index contributed by atoms with van der Waals surface area (Å²) in [5, 5.41) is 14.9. The van der Waals surface area contributed by atoms with Gasteiger partial charge in [0.1, 0.15) is 5.69 Å². The molecule has 1 heterocycles. The molecule has 1 aromatic heterocycles. The van der Waals surface area contributed by atoms with E-state index in [0.29, 0.717) is 24.7 Å². The van der Waals surface area contributed by atoms with Crippen molar-refractivity contribution in [1.82, 2.24) is 15.1 Å². The summed E-state index contributed by atoms with van der Waals surface area (Å²) in [6.07, 6.45) is 4.04. The van der Waals surface area contributed by atoms with Gasteiger partial charge >= 0.3 is 0 Å². The van der Waals surface area contributed by atoms with E-state index in [2.05, 4.69) is 16.3 Å². The van der Waals surface area contributed by atoms with Crippen molar-refractivity contribution >= 4 is 5.91 Å². The van der Waals surface area contributed by atoms with E-state index in [9.17, 15) is 4.79 Å². The molecule has 5 heteroatoms. The lowest BCUT2D eigenvalue weighted by Crippen LogP contribution is -2.34. The zero-order valence-corrected chi connectivity index (χ0v) is 8.31. The molecular formula is C10H12N4O. The maximum absolute atomic E-state index is 11.9. The van der Waals surface area contributed by atoms with Gasteiger partial charge in [0.15, 0.2) is 0 Å². The number of aromatic amines is 1. The molecule has 0 aliphatic heterocycles. The van der Waals surface area contributed by atoms with Crippen molar-refractivity contribution < 1.29 is 4.79 Å². The van der Waals surface area contributed by atoms with Crippen LogP contribution in [0.5, 0.6) is 0 Å². The van der Waals surface area contributed by atoms with E-state index in [1.165, 1.54) is 0 Å². The van der Waals surface area contributed by atoms with Crippen LogP contribution in [0, 0.1) is 11.3 Å². The first-order chi connectivity index (χ1) is 7.33. The van der Waals surface area contributed by atoms with Crippen LogP contribution in [0.4, 0.5) is 0 Å². The average Bonchev–Trinajstić information content (AvgIpc) is 2.94. The molecule has 0 unspecified atom stereocenters. The van der Waals surface area contributed by atoms with Gasteiger partial charge in [0.25, 0.3) is 5.91 Å². The number of amides is 1. The molecular weight excluding hydrogens is 192 g/mol. The Kier molecular flexibility index (Phi) is 2.68. The highest BCUT2D eigenvalue weighted by molar-refractivity contribution is 5.92. The maximum atomic E-state index is 11.9. The van der Waals surface area contributed by atoms with E-state index in [0.717, 1.165) is 12.8 Å². The topological polar surface area (TPSA) is 72.8 Å². The van der Waals surface area contributed by atoms with Gasteiger partial charge in [-0.3, -0.25) is 9.89 Å². The Morgan fingerprint density at radius 1 is 1.73 bits per heavy atom. The van der Waals surface area contributed by atoms with Crippen LogP contribution in [0.2, 0.25) is 0 Å². The van der Waals surface area contributed by atoms with E-state index in [-0.39, 0.29) is 5.91 Å². The third-order valence-corrected chi connectivity index (χ3v) is 2.44. The number of carbonyl (C=O) groups excluding carboxylic acids is 1. The molecule has 0 radical (unpaired) electrons. The molecule has 0 spiro atoms. The number of nitrogens with zero attached hydrogens (tertiary/aromatic N) is 3. The molecule has 0 atom stereocenters. The van der Waals surface area contributed by atoms with E-state index in [4.69, 9.17) is 5.26 Å². The summed E-state index contributed by atoms with van der Waals surface area (Å²) in [6.45, 7) is 0.513. The van der Waals surface area contributed by atoms with Gasteiger partial charge in [-0.2, -0.15) is 10.4 Å². The lowest BCUT2D eigenvalue weighted by molar-refractivity contribution is 0.0741. The lowest BCUT2D eigenvalue weighted by Gasteiger charge is -2.19. The van der Waals surface area contributed by atoms with Crippen LogP contribution in [-0.2, 0) is 0 Å². The summed E-state index contributed by atoms with van der Waals surface area (Å²) in [4.78, 5) is 13.7. The third kappa shape index (κ3) is 2.15. The SMILES string of the molecule is N#CCCN(C(=O)c1ccn[nH]1)C1CC1. The molecule has 1 aromatic rings. The third-order valence-electron chi connectivity index (χ3n) is 2.44. The summed E-state index contributed by atoms with van der Waals surface area (Å²) in [5.74, 6) is -0.0507. The zero-order chi connectivity index (χ0) is 10.7. The van der Waals surface area contributed by atoms with Crippen molar-refractivity contribution in [3.8, 4) is 6.07 Å². The second kappa shape index (κ2) is 4.13. The fraction of sp³-hybridized carbons (Fsp3) is 0.500. The molecule has 1 aliphatic rings. The Hall–Kier alpha value is -1.83. The molecule has 0 aromatic carbocycles. The molecule has 5 nitrogen and oxygen atoms in total. The fourth-order valence-corrected chi connectivity index (χ4v) is 1.54. The minimum Gasteiger partial charge on any atom is -0.333 e. The first kappa shape index (κ1) is 9.71. The zero-order valence-electron chi connectivity index (χ0n) is 8.31. The summed E-state index contributed by atoms with van der Waals surface area (Å²) < 4.78 is 0. The molecule has 15 heavy (non-hydrogen) atoms. The van der Waals surface area contributed by atoms with Crippen LogP contribution >= 0.6 is 0 Å². The highest BCUT2D eigenvalue weighted by Gasteiger charge is 2.33. The van der Waals surface area contributed by atoms with E-state index >= 15 is 0 Å². The lowest BCUT2D eigenvalue weighted by atomic mass is 10.3. The second-order valence-corrected chi connectivity index (χ2v) is 3.61. The van der Waals surface area contributed by atoms with Gasteiger partial charge in [-0.25, -0.2) is 0 Å². The molecule has 1 N–H and O–H groups in total. The van der Waals surface area contributed by atoms with E-state index < -0.39 is 0 Å². The second-order valence-electron chi connectivity index (χ2n) is 3.61. The highest BCUT2D eigenvalue weighted by Crippen LogP contribution is 2.27. The summed E-state index contributed by atoms with van der Waals surface area (Å²) in [6, 6.07) is 4.05. The summed E-state index contributed by atoms with van der Waals surface area (Å²) in [7, 11) is 0. The Morgan fingerprint density at radius 2 is 2.53 bits per heavy atom. The van der Waals surface area contributed by atoms with Crippen molar-refractivity contribution in [2.24, 2.45) is 0 Å². The van der Waals surface area contributed by atoms with Gasteiger partial charge in [-0.15, -0.1) is 0 Å². The molecule has 1 amide bonds. The van der Waals surface area contributed by atoms with Gasteiger partial charge in [0, 0.05) is 18.8 Å². The number of aromatic nitrogens is 2. The van der Waals surface area contributed by atoms with Crippen LogP contribution < -0.4 is 0 Å². The first-order valence-electron chi connectivity index (χ1n) is 5.00. The minimum absolute atomic E-state index is 0.0507. The quantitative estimate of drug-likeness (QED) is 0.792.